The van der Waals surface area contributed by atoms with Crippen molar-refractivity contribution in [2.45, 2.75) is 6.54 Å². The molecule has 70 valence electrons. The molecule has 14 heavy (non-hydrogen) atoms. The molecular formula is C11H10N2O. The van der Waals surface area contributed by atoms with Crippen LogP contribution in [0, 0.1) is 0 Å². The first-order chi connectivity index (χ1) is 6.92. The summed E-state index contributed by atoms with van der Waals surface area (Å²) in [6, 6.07) is 9.81. The van der Waals surface area contributed by atoms with Gasteiger partial charge in [-0.3, -0.25) is 0 Å². The van der Waals surface area contributed by atoms with Crippen LogP contribution in [-0.4, -0.2) is 15.8 Å². The van der Waals surface area contributed by atoms with Gasteiger partial charge in [0.25, 0.3) is 0 Å². The van der Waals surface area contributed by atoms with Gasteiger partial charge in [0.15, 0.2) is 0 Å². The lowest BCUT2D eigenvalue weighted by atomic mass is 10.2. The Balaban J connectivity index is 2.41. The van der Waals surface area contributed by atoms with Crippen molar-refractivity contribution in [3.05, 3.63) is 42.7 Å². The van der Waals surface area contributed by atoms with Gasteiger partial charge in [-0.2, -0.15) is 0 Å². The maximum atomic E-state index is 10.4. The summed E-state index contributed by atoms with van der Waals surface area (Å²) in [6.07, 6.45) is 4.37. The van der Waals surface area contributed by atoms with Crippen LogP contribution in [0.4, 0.5) is 0 Å². The van der Waals surface area contributed by atoms with E-state index in [4.69, 9.17) is 0 Å². The van der Waals surface area contributed by atoms with E-state index in [1.165, 1.54) is 0 Å². The fraction of sp³-hybridized carbons (Fsp3) is 0.0909. The minimum absolute atomic E-state index is 0.351. The molecule has 0 saturated heterocycles. The Hall–Kier alpha value is -1.90. The Labute approximate surface area is 82.0 Å². The van der Waals surface area contributed by atoms with Crippen molar-refractivity contribution >= 4 is 6.29 Å². The van der Waals surface area contributed by atoms with Crippen molar-refractivity contribution in [3.8, 4) is 11.4 Å². The molecule has 1 heterocycles. The van der Waals surface area contributed by atoms with Crippen LogP contribution in [0.5, 0.6) is 0 Å². The number of carbonyl (C=O) groups is 1. The normalized spacial score (nSPS) is 10.0. The molecule has 0 saturated carbocycles. The first-order valence-electron chi connectivity index (χ1n) is 4.42. The summed E-state index contributed by atoms with van der Waals surface area (Å²) in [6.45, 7) is 0.351. The topological polar surface area (TPSA) is 34.9 Å². The molecule has 1 aromatic heterocycles. The number of aldehydes is 1. The first kappa shape index (κ1) is 8.69. The number of carbonyl (C=O) groups excluding carboxylic acids is 1. The summed E-state index contributed by atoms with van der Waals surface area (Å²) in [5.74, 6) is 0.831. The van der Waals surface area contributed by atoms with Crippen LogP contribution in [0.2, 0.25) is 0 Å². The van der Waals surface area contributed by atoms with Crippen LogP contribution >= 0.6 is 0 Å². The highest BCUT2D eigenvalue weighted by molar-refractivity contribution is 5.58. The second kappa shape index (κ2) is 3.87. The summed E-state index contributed by atoms with van der Waals surface area (Å²) in [7, 11) is 0. The van der Waals surface area contributed by atoms with Crippen LogP contribution in [0.3, 0.4) is 0 Å². The number of rotatable bonds is 3. The maximum absolute atomic E-state index is 10.4. The van der Waals surface area contributed by atoms with E-state index in [0.29, 0.717) is 6.54 Å². The Kier molecular flexibility index (Phi) is 2.40. The maximum Gasteiger partial charge on any atom is 0.140 e. The Morgan fingerprint density at radius 1 is 1.29 bits per heavy atom. The third-order valence-electron chi connectivity index (χ3n) is 2.02. The second-order valence-electron chi connectivity index (χ2n) is 2.94. The molecule has 2 aromatic rings. The lowest BCUT2D eigenvalue weighted by Crippen LogP contribution is -1.99. The third-order valence-corrected chi connectivity index (χ3v) is 2.02. The summed E-state index contributed by atoms with van der Waals surface area (Å²) in [5, 5.41) is 0. The molecule has 0 unspecified atom stereocenters. The zero-order chi connectivity index (χ0) is 9.80. The van der Waals surface area contributed by atoms with E-state index < -0.39 is 0 Å². The van der Waals surface area contributed by atoms with E-state index >= 15 is 0 Å². The van der Waals surface area contributed by atoms with Crippen molar-refractivity contribution in [3.63, 3.8) is 0 Å². The average molecular weight is 186 g/mol. The van der Waals surface area contributed by atoms with E-state index in [1.54, 1.807) is 12.4 Å². The van der Waals surface area contributed by atoms with Gasteiger partial charge >= 0.3 is 0 Å². The van der Waals surface area contributed by atoms with Gasteiger partial charge in [-0.1, -0.05) is 30.3 Å². The quantitative estimate of drug-likeness (QED) is 0.684. The standard InChI is InChI=1S/C11H10N2O/c14-9-8-13-7-6-12-11(13)10-4-2-1-3-5-10/h1-7,9H,8H2. The Morgan fingerprint density at radius 2 is 2.07 bits per heavy atom. The average Bonchev–Trinajstić information content (AvgIpc) is 2.68. The summed E-state index contributed by atoms with van der Waals surface area (Å²) in [4.78, 5) is 14.6. The molecular weight excluding hydrogens is 176 g/mol. The number of hydrogen-bond acceptors (Lipinski definition) is 2. The molecule has 0 spiro atoms. The molecule has 0 N–H and O–H groups in total. The van der Waals surface area contributed by atoms with Crippen LogP contribution in [-0.2, 0) is 11.3 Å². The number of nitrogens with zero attached hydrogens (tertiary/aromatic N) is 2. The molecule has 0 aliphatic rings. The lowest BCUT2D eigenvalue weighted by Gasteiger charge is -2.02. The minimum atomic E-state index is 0.351. The SMILES string of the molecule is O=CCn1ccnc1-c1ccccc1. The lowest BCUT2D eigenvalue weighted by molar-refractivity contribution is -0.108. The van der Waals surface area contributed by atoms with Crippen LogP contribution in [0.15, 0.2) is 42.7 Å². The highest BCUT2D eigenvalue weighted by atomic mass is 16.1. The summed E-state index contributed by atoms with van der Waals surface area (Å²) >= 11 is 0. The van der Waals surface area contributed by atoms with Crippen molar-refractivity contribution in [1.82, 2.24) is 9.55 Å². The van der Waals surface area contributed by atoms with Crippen molar-refractivity contribution < 1.29 is 4.79 Å². The molecule has 3 nitrogen and oxygen atoms in total. The molecule has 0 radical (unpaired) electrons. The van der Waals surface area contributed by atoms with Gasteiger partial charge in [-0.25, -0.2) is 4.98 Å². The summed E-state index contributed by atoms with van der Waals surface area (Å²) < 4.78 is 1.82. The van der Waals surface area contributed by atoms with E-state index in [2.05, 4.69) is 4.98 Å². The number of hydrogen-bond donors (Lipinski definition) is 0. The van der Waals surface area contributed by atoms with Crippen molar-refractivity contribution in [2.75, 3.05) is 0 Å². The van der Waals surface area contributed by atoms with Crippen molar-refractivity contribution in [1.29, 1.82) is 0 Å². The molecule has 0 atom stereocenters. The van der Waals surface area contributed by atoms with Gasteiger partial charge in [-0.15, -0.1) is 0 Å². The van der Waals surface area contributed by atoms with Gasteiger partial charge in [0.1, 0.15) is 12.1 Å². The van der Waals surface area contributed by atoms with Gasteiger partial charge in [0, 0.05) is 18.0 Å². The molecule has 0 aliphatic heterocycles. The zero-order valence-corrected chi connectivity index (χ0v) is 7.63. The van der Waals surface area contributed by atoms with Crippen molar-refractivity contribution in [2.24, 2.45) is 0 Å². The van der Waals surface area contributed by atoms with E-state index in [9.17, 15) is 4.79 Å². The highest BCUT2D eigenvalue weighted by Gasteiger charge is 2.03. The van der Waals surface area contributed by atoms with Gasteiger partial charge in [0.05, 0.1) is 6.54 Å². The van der Waals surface area contributed by atoms with Crippen LogP contribution in [0.25, 0.3) is 11.4 Å². The number of aromatic nitrogens is 2. The molecule has 3 heteroatoms. The van der Waals surface area contributed by atoms with E-state index in [-0.39, 0.29) is 0 Å². The van der Waals surface area contributed by atoms with Gasteiger partial charge in [-0.05, 0) is 0 Å². The largest absolute Gasteiger partial charge is 0.324 e. The Morgan fingerprint density at radius 3 is 2.79 bits per heavy atom. The first-order valence-corrected chi connectivity index (χ1v) is 4.42. The van der Waals surface area contributed by atoms with E-state index in [1.807, 2.05) is 34.9 Å². The Bertz CT molecular complexity index is 420. The molecule has 0 amide bonds. The van der Waals surface area contributed by atoms with Gasteiger partial charge in [0.2, 0.25) is 0 Å². The monoisotopic (exact) mass is 186 g/mol. The fourth-order valence-electron chi connectivity index (χ4n) is 1.38. The zero-order valence-electron chi connectivity index (χ0n) is 7.63. The third kappa shape index (κ3) is 1.57. The van der Waals surface area contributed by atoms with Gasteiger partial charge < -0.3 is 9.36 Å². The minimum Gasteiger partial charge on any atom is -0.324 e. The van der Waals surface area contributed by atoms with Crippen LogP contribution < -0.4 is 0 Å². The predicted octanol–water partition coefficient (Wildman–Crippen LogP) is 1.75. The van der Waals surface area contributed by atoms with E-state index in [0.717, 1.165) is 17.7 Å². The number of benzene rings is 1. The highest BCUT2D eigenvalue weighted by Crippen LogP contribution is 2.15. The molecule has 0 fully saturated rings. The molecule has 2 rings (SSSR count). The summed E-state index contributed by atoms with van der Waals surface area (Å²) in [5.41, 5.74) is 1.03. The molecule has 0 bridgehead atoms. The smallest absolute Gasteiger partial charge is 0.140 e. The molecule has 0 aliphatic carbocycles. The van der Waals surface area contributed by atoms with Crippen LogP contribution in [0.1, 0.15) is 0 Å². The fourth-order valence-corrected chi connectivity index (χ4v) is 1.38. The second-order valence-corrected chi connectivity index (χ2v) is 2.94. The number of imidazole rings is 1. The molecule has 1 aromatic carbocycles. The predicted molar refractivity (Wildman–Crippen MR) is 53.7 cm³/mol.